The van der Waals surface area contributed by atoms with Crippen molar-refractivity contribution in [3.05, 3.63) is 69.8 Å². The zero-order valence-corrected chi connectivity index (χ0v) is 10.00. The molecule has 0 spiro atoms. The predicted molar refractivity (Wildman–Crippen MR) is 68.9 cm³/mol. The van der Waals surface area contributed by atoms with Gasteiger partial charge in [-0.3, -0.25) is 10.1 Å². The number of benzene rings is 2. The molecule has 0 N–H and O–H groups in total. The quantitative estimate of drug-likeness (QED) is 0.612. The second-order valence-electron chi connectivity index (χ2n) is 3.96. The Morgan fingerprint density at radius 3 is 2.44 bits per heavy atom. The number of ether oxygens (including phenoxy) is 1. The molecular formula is C14H13NO3. The molecular weight excluding hydrogens is 230 g/mol. The molecule has 0 heterocycles. The molecule has 0 saturated carbocycles. The van der Waals surface area contributed by atoms with Gasteiger partial charge in [0.15, 0.2) is 0 Å². The number of methoxy groups -OCH3 is 1. The molecule has 0 radical (unpaired) electrons. The number of nitro benzene ring substituents is 1. The summed E-state index contributed by atoms with van der Waals surface area (Å²) in [4.78, 5) is 10.3. The van der Waals surface area contributed by atoms with E-state index < -0.39 is 0 Å². The van der Waals surface area contributed by atoms with Crippen molar-refractivity contribution in [2.24, 2.45) is 0 Å². The minimum absolute atomic E-state index is 0.121. The van der Waals surface area contributed by atoms with E-state index in [0.717, 1.165) is 16.9 Å². The first-order valence-corrected chi connectivity index (χ1v) is 5.55. The number of nitro groups is 1. The normalized spacial score (nSPS) is 10.1. The Kier molecular flexibility index (Phi) is 3.57. The predicted octanol–water partition coefficient (Wildman–Crippen LogP) is 3.19. The van der Waals surface area contributed by atoms with E-state index in [1.54, 1.807) is 19.2 Å². The van der Waals surface area contributed by atoms with Gasteiger partial charge in [-0.25, -0.2) is 0 Å². The lowest BCUT2D eigenvalue weighted by Crippen LogP contribution is -1.92. The lowest BCUT2D eigenvalue weighted by molar-refractivity contribution is -0.384. The third-order valence-corrected chi connectivity index (χ3v) is 2.66. The molecule has 4 nitrogen and oxygen atoms in total. The molecule has 2 aromatic rings. The van der Waals surface area contributed by atoms with Crippen molar-refractivity contribution in [3.63, 3.8) is 0 Å². The number of hydrogen-bond acceptors (Lipinski definition) is 3. The Hall–Kier alpha value is -2.36. The van der Waals surface area contributed by atoms with Gasteiger partial charge in [-0.15, -0.1) is 0 Å². The van der Waals surface area contributed by atoms with Gasteiger partial charge in [-0.2, -0.15) is 0 Å². The van der Waals surface area contributed by atoms with Gasteiger partial charge in [-0.05, 0) is 29.7 Å². The van der Waals surface area contributed by atoms with Crippen LogP contribution >= 0.6 is 0 Å². The fourth-order valence-electron chi connectivity index (χ4n) is 1.80. The first kappa shape index (κ1) is 12.1. The van der Waals surface area contributed by atoms with E-state index >= 15 is 0 Å². The van der Waals surface area contributed by atoms with Crippen molar-refractivity contribution in [3.8, 4) is 5.75 Å². The molecule has 0 atom stereocenters. The van der Waals surface area contributed by atoms with Crippen LogP contribution in [-0.2, 0) is 6.42 Å². The van der Waals surface area contributed by atoms with Crippen molar-refractivity contribution < 1.29 is 9.66 Å². The van der Waals surface area contributed by atoms with Crippen molar-refractivity contribution in [2.45, 2.75) is 6.42 Å². The third kappa shape index (κ3) is 2.85. The van der Waals surface area contributed by atoms with E-state index in [4.69, 9.17) is 4.74 Å². The highest BCUT2D eigenvalue weighted by molar-refractivity contribution is 5.38. The van der Waals surface area contributed by atoms with Crippen LogP contribution in [0.2, 0.25) is 0 Å². The molecule has 2 rings (SSSR count). The summed E-state index contributed by atoms with van der Waals surface area (Å²) in [5.41, 5.74) is 2.10. The van der Waals surface area contributed by atoms with E-state index in [2.05, 4.69) is 0 Å². The maximum atomic E-state index is 10.7. The van der Waals surface area contributed by atoms with E-state index in [1.165, 1.54) is 6.07 Å². The molecule has 0 unspecified atom stereocenters. The lowest BCUT2D eigenvalue weighted by atomic mass is 10.0. The van der Waals surface area contributed by atoms with E-state index in [9.17, 15) is 10.1 Å². The van der Waals surface area contributed by atoms with E-state index in [0.29, 0.717) is 6.42 Å². The van der Waals surface area contributed by atoms with Gasteiger partial charge in [0.1, 0.15) is 5.75 Å². The van der Waals surface area contributed by atoms with Gasteiger partial charge in [0, 0.05) is 12.1 Å². The SMILES string of the molecule is COc1cccc(Cc2cccc([N+](=O)[O-])c2)c1. The van der Waals surface area contributed by atoms with Crippen LogP contribution < -0.4 is 4.74 Å². The first-order valence-electron chi connectivity index (χ1n) is 5.55. The van der Waals surface area contributed by atoms with Crippen LogP contribution in [0.4, 0.5) is 5.69 Å². The molecule has 92 valence electrons. The monoisotopic (exact) mass is 243 g/mol. The lowest BCUT2D eigenvalue weighted by Gasteiger charge is -2.04. The van der Waals surface area contributed by atoms with Crippen molar-refractivity contribution in [2.75, 3.05) is 7.11 Å². The van der Waals surface area contributed by atoms with Gasteiger partial charge in [0.25, 0.3) is 5.69 Å². The highest BCUT2D eigenvalue weighted by atomic mass is 16.6. The maximum Gasteiger partial charge on any atom is 0.269 e. The van der Waals surface area contributed by atoms with E-state index in [-0.39, 0.29) is 10.6 Å². The highest BCUT2D eigenvalue weighted by Gasteiger charge is 2.06. The number of rotatable bonds is 4. The summed E-state index contributed by atoms with van der Waals surface area (Å²) in [6.45, 7) is 0. The van der Waals surface area contributed by atoms with Crippen LogP contribution in [0.15, 0.2) is 48.5 Å². The summed E-state index contributed by atoms with van der Waals surface area (Å²) in [7, 11) is 1.62. The highest BCUT2D eigenvalue weighted by Crippen LogP contribution is 2.19. The van der Waals surface area contributed by atoms with Gasteiger partial charge in [0.2, 0.25) is 0 Å². The number of hydrogen-bond donors (Lipinski definition) is 0. The molecule has 0 aliphatic rings. The summed E-state index contributed by atoms with van der Waals surface area (Å²) in [5, 5.41) is 10.7. The zero-order chi connectivity index (χ0) is 13.0. The molecule has 0 amide bonds. The van der Waals surface area contributed by atoms with Crippen molar-refractivity contribution in [1.29, 1.82) is 0 Å². The summed E-state index contributed by atoms with van der Waals surface area (Å²) in [6, 6.07) is 14.4. The average molecular weight is 243 g/mol. The Labute approximate surface area is 105 Å². The fraction of sp³-hybridized carbons (Fsp3) is 0.143. The topological polar surface area (TPSA) is 52.4 Å². The Bertz CT molecular complexity index is 566. The van der Waals surface area contributed by atoms with Crippen LogP contribution in [0.5, 0.6) is 5.75 Å². The third-order valence-electron chi connectivity index (χ3n) is 2.66. The fourth-order valence-corrected chi connectivity index (χ4v) is 1.80. The minimum Gasteiger partial charge on any atom is -0.497 e. The second-order valence-corrected chi connectivity index (χ2v) is 3.96. The molecule has 0 aliphatic heterocycles. The summed E-state index contributed by atoms with van der Waals surface area (Å²) < 4.78 is 5.15. The number of non-ortho nitro benzene ring substituents is 1. The number of nitrogens with zero attached hydrogens (tertiary/aromatic N) is 1. The van der Waals surface area contributed by atoms with E-state index in [1.807, 2.05) is 30.3 Å². The molecule has 0 fully saturated rings. The molecule has 4 heteroatoms. The average Bonchev–Trinajstić information content (AvgIpc) is 2.39. The van der Waals surface area contributed by atoms with Crippen LogP contribution in [0.3, 0.4) is 0 Å². The zero-order valence-electron chi connectivity index (χ0n) is 10.00. The molecule has 18 heavy (non-hydrogen) atoms. The Morgan fingerprint density at radius 1 is 1.11 bits per heavy atom. The van der Waals surface area contributed by atoms with Crippen LogP contribution in [0.25, 0.3) is 0 Å². The van der Waals surface area contributed by atoms with Crippen molar-refractivity contribution in [1.82, 2.24) is 0 Å². The van der Waals surface area contributed by atoms with Gasteiger partial charge >= 0.3 is 0 Å². The summed E-state index contributed by atoms with van der Waals surface area (Å²) in [6.07, 6.45) is 0.652. The standard InChI is InChI=1S/C14H13NO3/c1-18-14-7-3-5-12(10-14)8-11-4-2-6-13(9-11)15(16)17/h2-7,9-10H,8H2,1H3. The first-order chi connectivity index (χ1) is 8.69. The summed E-state index contributed by atoms with van der Waals surface area (Å²) >= 11 is 0. The van der Waals surface area contributed by atoms with Crippen molar-refractivity contribution >= 4 is 5.69 Å². The minimum atomic E-state index is -0.380. The van der Waals surface area contributed by atoms with Gasteiger partial charge in [0.05, 0.1) is 12.0 Å². The molecule has 0 bridgehead atoms. The second kappa shape index (κ2) is 5.31. The van der Waals surface area contributed by atoms with Crippen LogP contribution in [-0.4, -0.2) is 12.0 Å². The van der Waals surface area contributed by atoms with Crippen LogP contribution in [0, 0.1) is 10.1 Å². The Balaban J connectivity index is 2.22. The van der Waals surface area contributed by atoms with Gasteiger partial charge < -0.3 is 4.74 Å². The maximum absolute atomic E-state index is 10.7. The molecule has 0 aliphatic carbocycles. The summed E-state index contributed by atoms with van der Waals surface area (Å²) in [5.74, 6) is 0.790. The van der Waals surface area contributed by atoms with Crippen LogP contribution in [0.1, 0.15) is 11.1 Å². The smallest absolute Gasteiger partial charge is 0.269 e. The molecule has 0 aromatic heterocycles. The largest absolute Gasteiger partial charge is 0.497 e. The van der Waals surface area contributed by atoms with Gasteiger partial charge in [-0.1, -0.05) is 24.3 Å². The Morgan fingerprint density at radius 2 is 1.78 bits per heavy atom. The molecule has 2 aromatic carbocycles. The molecule has 0 saturated heterocycles.